The van der Waals surface area contributed by atoms with Gasteiger partial charge in [-0.15, -0.1) is 0 Å². The number of fused-ring (bicyclic) bond motifs is 1. The normalized spacial score (nSPS) is 14.2. The molecule has 8 heteroatoms. The van der Waals surface area contributed by atoms with Gasteiger partial charge in [0.05, 0.1) is 13.2 Å². The summed E-state index contributed by atoms with van der Waals surface area (Å²) in [6.07, 6.45) is -0.196. The smallest absolute Gasteiger partial charge is 0.415 e. The van der Waals surface area contributed by atoms with Crippen LogP contribution in [0.3, 0.4) is 0 Å². The third-order valence-corrected chi connectivity index (χ3v) is 5.86. The van der Waals surface area contributed by atoms with Crippen LogP contribution < -0.4 is 10.4 Å². The first kappa shape index (κ1) is 20.7. The molecule has 2 aromatic carbocycles. The van der Waals surface area contributed by atoms with Crippen LogP contribution in [0.25, 0.3) is 11.0 Å². The first-order valence-corrected chi connectivity index (χ1v) is 10.2. The highest BCUT2D eigenvalue weighted by Gasteiger charge is 2.20. The Morgan fingerprint density at radius 1 is 1.10 bits per heavy atom. The fourth-order valence-corrected chi connectivity index (χ4v) is 3.96. The van der Waals surface area contributed by atoms with Crippen LogP contribution in [0, 0.1) is 6.92 Å². The van der Waals surface area contributed by atoms with Gasteiger partial charge in [-0.25, -0.2) is 9.59 Å². The Hall–Kier alpha value is -2.54. The topological polar surface area (TPSA) is 69.0 Å². The van der Waals surface area contributed by atoms with Crippen molar-refractivity contribution in [2.75, 3.05) is 26.3 Å². The number of carbonyl (C=O) groups excluding carboxylic acids is 1. The van der Waals surface area contributed by atoms with Crippen molar-refractivity contribution in [3.8, 4) is 5.75 Å². The van der Waals surface area contributed by atoms with Crippen LogP contribution in [0.5, 0.6) is 5.75 Å². The van der Waals surface area contributed by atoms with Gasteiger partial charge in [-0.1, -0.05) is 29.3 Å². The van der Waals surface area contributed by atoms with E-state index in [9.17, 15) is 9.59 Å². The predicted molar refractivity (Wildman–Crippen MR) is 115 cm³/mol. The molecule has 6 nitrogen and oxygen atoms in total. The monoisotopic (exact) mass is 447 g/mol. The van der Waals surface area contributed by atoms with Crippen LogP contribution >= 0.6 is 23.2 Å². The Labute approximate surface area is 182 Å². The number of rotatable bonds is 3. The summed E-state index contributed by atoms with van der Waals surface area (Å²) in [6.45, 7) is 3.78. The molecular weight excluding hydrogens is 429 g/mol. The second kappa shape index (κ2) is 8.68. The van der Waals surface area contributed by atoms with Crippen LogP contribution in [0.15, 0.2) is 45.6 Å². The molecule has 1 amide bonds. The van der Waals surface area contributed by atoms with E-state index in [0.29, 0.717) is 58.8 Å². The summed E-state index contributed by atoms with van der Waals surface area (Å²) < 4.78 is 16.2. The molecule has 30 heavy (non-hydrogen) atoms. The molecule has 3 aromatic rings. The Morgan fingerprint density at radius 3 is 2.50 bits per heavy atom. The maximum atomic E-state index is 12.7. The first-order chi connectivity index (χ1) is 14.4. The third-order valence-electron chi connectivity index (χ3n) is 5.15. The van der Waals surface area contributed by atoms with Crippen LogP contribution in [0.4, 0.5) is 4.79 Å². The quantitative estimate of drug-likeness (QED) is 0.537. The maximum Gasteiger partial charge on any atom is 0.415 e. The molecule has 0 radical (unpaired) electrons. The molecule has 156 valence electrons. The zero-order chi connectivity index (χ0) is 21.3. The van der Waals surface area contributed by atoms with Crippen molar-refractivity contribution in [1.29, 1.82) is 0 Å². The highest BCUT2D eigenvalue weighted by Crippen LogP contribution is 2.30. The van der Waals surface area contributed by atoms with Crippen molar-refractivity contribution in [2.45, 2.75) is 13.3 Å². The number of hydrogen-bond acceptors (Lipinski definition) is 5. The zero-order valence-corrected chi connectivity index (χ0v) is 17.8. The van der Waals surface area contributed by atoms with E-state index < -0.39 is 11.7 Å². The second-order valence-corrected chi connectivity index (χ2v) is 7.81. The molecule has 0 spiro atoms. The van der Waals surface area contributed by atoms with E-state index in [0.717, 1.165) is 10.9 Å². The van der Waals surface area contributed by atoms with Gasteiger partial charge in [-0.05, 0) is 42.3 Å². The molecule has 0 bridgehead atoms. The third kappa shape index (κ3) is 4.17. The minimum atomic E-state index is -0.479. The average molecular weight is 448 g/mol. The van der Waals surface area contributed by atoms with Crippen molar-refractivity contribution >= 4 is 40.3 Å². The van der Waals surface area contributed by atoms with E-state index in [4.69, 9.17) is 37.1 Å². The van der Waals surface area contributed by atoms with Gasteiger partial charge in [0.15, 0.2) is 0 Å². The molecule has 4 rings (SSSR count). The highest BCUT2D eigenvalue weighted by molar-refractivity contribution is 6.36. The number of nitrogens with zero attached hydrogens (tertiary/aromatic N) is 1. The summed E-state index contributed by atoms with van der Waals surface area (Å²) >= 11 is 12.5. The number of carbonyl (C=O) groups is 1. The number of amides is 1. The minimum absolute atomic E-state index is 0.260. The lowest BCUT2D eigenvalue weighted by atomic mass is 9.99. The summed E-state index contributed by atoms with van der Waals surface area (Å²) in [5, 5.41) is 1.73. The zero-order valence-electron chi connectivity index (χ0n) is 16.2. The molecule has 0 atom stereocenters. The van der Waals surface area contributed by atoms with Gasteiger partial charge in [0.25, 0.3) is 0 Å². The van der Waals surface area contributed by atoms with E-state index >= 15 is 0 Å². The fourth-order valence-electron chi connectivity index (χ4n) is 3.43. The minimum Gasteiger partial charge on any atom is -0.422 e. The van der Waals surface area contributed by atoms with Crippen molar-refractivity contribution in [3.63, 3.8) is 0 Å². The van der Waals surface area contributed by atoms with E-state index in [1.54, 1.807) is 41.3 Å². The lowest BCUT2D eigenvalue weighted by Gasteiger charge is -2.25. The molecule has 0 unspecified atom stereocenters. The van der Waals surface area contributed by atoms with Gasteiger partial charge >= 0.3 is 11.7 Å². The lowest BCUT2D eigenvalue weighted by molar-refractivity contribution is 0.0416. The molecule has 0 N–H and O–H groups in total. The van der Waals surface area contributed by atoms with Gasteiger partial charge in [-0.3, -0.25) is 0 Å². The Morgan fingerprint density at radius 2 is 1.80 bits per heavy atom. The van der Waals surface area contributed by atoms with E-state index in [-0.39, 0.29) is 6.42 Å². The fraction of sp³-hybridized carbons (Fsp3) is 0.273. The maximum absolute atomic E-state index is 12.7. The van der Waals surface area contributed by atoms with E-state index in [1.165, 1.54) is 0 Å². The number of aryl methyl sites for hydroxylation is 1. The molecule has 1 aromatic heterocycles. The van der Waals surface area contributed by atoms with Crippen molar-refractivity contribution in [1.82, 2.24) is 4.90 Å². The Bertz CT molecular complexity index is 1150. The number of ether oxygens (including phenoxy) is 2. The standard InChI is InChI=1S/C22H19Cl2NO5/c1-13-15-6-5-14(29-22(27)25-7-9-28-10-8-25)11-20(15)30-21(26)16(13)12-17-18(23)3-2-4-19(17)24/h2-6,11H,7-10,12H2,1H3. The van der Waals surface area contributed by atoms with Gasteiger partial charge < -0.3 is 18.8 Å². The summed E-state index contributed by atoms with van der Waals surface area (Å²) in [5.41, 5.74) is 1.79. The van der Waals surface area contributed by atoms with E-state index in [2.05, 4.69) is 0 Å². The summed E-state index contributed by atoms with van der Waals surface area (Å²) in [4.78, 5) is 26.5. The van der Waals surface area contributed by atoms with Gasteiger partial charge in [0, 0.05) is 46.6 Å². The van der Waals surface area contributed by atoms with Gasteiger partial charge in [0.2, 0.25) is 0 Å². The van der Waals surface area contributed by atoms with Crippen LogP contribution in [0.1, 0.15) is 16.7 Å². The number of halogens is 2. The number of hydrogen-bond donors (Lipinski definition) is 0. The molecule has 2 heterocycles. The van der Waals surface area contributed by atoms with Crippen molar-refractivity contribution in [3.05, 3.63) is 73.6 Å². The van der Waals surface area contributed by atoms with Crippen LogP contribution in [0.2, 0.25) is 10.0 Å². The lowest BCUT2D eigenvalue weighted by Crippen LogP contribution is -2.42. The SMILES string of the molecule is Cc1c(Cc2c(Cl)cccc2Cl)c(=O)oc2cc(OC(=O)N3CCOCC3)ccc12. The van der Waals surface area contributed by atoms with Crippen molar-refractivity contribution < 1.29 is 18.7 Å². The molecular formula is C22H19Cl2NO5. The summed E-state index contributed by atoms with van der Waals surface area (Å²) in [7, 11) is 0. The van der Waals surface area contributed by atoms with Crippen LogP contribution in [-0.2, 0) is 11.2 Å². The number of morpholine rings is 1. The summed E-state index contributed by atoms with van der Waals surface area (Å²) in [5.74, 6) is 0.309. The van der Waals surface area contributed by atoms with Gasteiger partial charge in [0.1, 0.15) is 11.3 Å². The highest BCUT2D eigenvalue weighted by atomic mass is 35.5. The Kier molecular flexibility index (Phi) is 5.99. The van der Waals surface area contributed by atoms with Crippen molar-refractivity contribution in [2.24, 2.45) is 0 Å². The Balaban J connectivity index is 1.64. The largest absolute Gasteiger partial charge is 0.422 e. The number of benzene rings is 2. The molecule has 1 aliphatic rings. The van der Waals surface area contributed by atoms with Gasteiger partial charge in [-0.2, -0.15) is 0 Å². The average Bonchev–Trinajstić information content (AvgIpc) is 2.73. The second-order valence-electron chi connectivity index (χ2n) is 7.00. The predicted octanol–water partition coefficient (Wildman–Crippen LogP) is 4.83. The molecule has 1 aliphatic heterocycles. The molecule has 1 saturated heterocycles. The molecule has 0 saturated carbocycles. The van der Waals surface area contributed by atoms with Crippen LogP contribution in [-0.4, -0.2) is 37.3 Å². The van der Waals surface area contributed by atoms with E-state index in [1.807, 2.05) is 6.92 Å². The molecule has 1 fully saturated rings. The first-order valence-electron chi connectivity index (χ1n) is 9.48. The summed E-state index contributed by atoms with van der Waals surface area (Å²) in [6, 6.07) is 10.2. The molecule has 0 aliphatic carbocycles.